The first-order chi connectivity index (χ1) is 8.50. The van der Waals surface area contributed by atoms with Crippen LogP contribution in [0.1, 0.15) is 17.9 Å². The van der Waals surface area contributed by atoms with Gasteiger partial charge in [-0.1, -0.05) is 18.2 Å². The van der Waals surface area contributed by atoms with Crippen molar-refractivity contribution in [1.82, 2.24) is 4.90 Å². The van der Waals surface area contributed by atoms with Crippen molar-refractivity contribution in [3.63, 3.8) is 0 Å². The first kappa shape index (κ1) is 12.9. The van der Waals surface area contributed by atoms with E-state index in [1.165, 1.54) is 22.7 Å². The minimum absolute atomic E-state index is 0.268. The molecule has 18 heavy (non-hydrogen) atoms. The summed E-state index contributed by atoms with van der Waals surface area (Å²) in [5.41, 5.74) is 0.349. The van der Waals surface area contributed by atoms with Gasteiger partial charge in [0, 0.05) is 5.56 Å². The molecule has 1 N–H and O–H groups in total. The zero-order valence-corrected chi connectivity index (χ0v) is 10.5. The molecule has 0 aliphatic carbocycles. The average molecular weight is 269 g/mol. The Morgan fingerprint density at radius 1 is 1.50 bits per heavy atom. The van der Waals surface area contributed by atoms with Crippen LogP contribution in [0.15, 0.2) is 24.3 Å². The molecule has 96 valence electrons. The number of hydrogen-bond acceptors (Lipinski definition) is 3. The number of thioether (sulfide) groups is 1. The Balaban J connectivity index is 2.34. The number of carbonyl (C=O) groups is 2. The topological polar surface area (TPSA) is 57.6 Å². The second-order valence-electron chi connectivity index (χ2n) is 4.01. The molecule has 0 unspecified atom stereocenters. The minimum Gasteiger partial charge on any atom is -0.480 e. The van der Waals surface area contributed by atoms with E-state index >= 15 is 0 Å². The van der Waals surface area contributed by atoms with Crippen molar-refractivity contribution in [1.29, 1.82) is 0 Å². The molecule has 1 aliphatic rings. The monoisotopic (exact) mass is 269 g/mol. The summed E-state index contributed by atoms with van der Waals surface area (Å²) in [6.07, 6.45) is 0. The van der Waals surface area contributed by atoms with Crippen LogP contribution in [0.3, 0.4) is 0 Å². The fourth-order valence-corrected chi connectivity index (χ4v) is 3.20. The van der Waals surface area contributed by atoms with Gasteiger partial charge in [0.15, 0.2) is 0 Å². The Morgan fingerprint density at radius 2 is 2.17 bits per heavy atom. The molecule has 0 radical (unpaired) electrons. The summed E-state index contributed by atoms with van der Waals surface area (Å²) in [6.45, 7) is 1.29. The van der Waals surface area contributed by atoms with Gasteiger partial charge in [0.1, 0.15) is 17.7 Å². The molecule has 0 aromatic heterocycles. The van der Waals surface area contributed by atoms with Crippen LogP contribution in [0.25, 0.3) is 0 Å². The Bertz CT molecular complexity index is 494. The number of carbonyl (C=O) groups excluding carboxylic acids is 1. The van der Waals surface area contributed by atoms with Gasteiger partial charge in [-0.25, -0.2) is 4.39 Å². The van der Waals surface area contributed by atoms with Crippen molar-refractivity contribution < 1.29 is 19.1 Å². The number of benzene rings is 1. The lowest BCUT2D eigenvalue weighted by Crippen LogP contribution is -2.35. The maximum atomic E-state index is 13.7. The highest BCUT2D eigenvalue weighted by atomic mass is 32.2. The number of hydrogen-bond donors (Lipinski definition) is 1. The molecule has 6 heteroatoms. The molecule has 4 nitrogen and oxygen atoms in total. The molecular formula is C12H12FNO3S. The lowest BCUT2D eigenvalue weighted by atomic mass is 10.2. The van der Waals surface area contributed by atoms with Gasteiger partial charge in [-0.05, 0) is 13.0 Å². The summed E-state index contributed by atoms with van der Waals surface area (Å²) in [6, 6.07) is 6.12. The van der Waals surface area contributed by atoms with Crippen LogP contribution >= 0.6 is 11.8 Å². The number of carboxylic acid groups (broad SMARTS) is 1. The second-order valence-corrected chi connectivity index (χ2v) is 5.44. The summed E-state index contributed by atoms with van der Waals surface area (Å²) < 4.78 is 13.7. The zero-order valence-electron chi connectivity index (χ0n) is 9.67. The molecule has 0 bridgehead atoms. The molecular weight excluding hydrogens is 257 g/mol. The number of amides is 1. The Hall–Kier alpha value is -1.56. The van der Waals surface area contributed by atoms with Gasteiger partial charge >= 0.3 is 5.97 Å². The number of aliphatic carboxylic acids is 1. The molecule has 1 heterocycles. The Labute approximate surface area is 108 Å². The van der Waals surface area contributed by atoms with E-state index in [9.17, 15) is 14.0 Å². The molecule has 1 aliphatic heterocycles. The third kappa shape index (κ3) is 2.33. The lowest BCUT2D eigenvalue weighted by molar-refractivity contribution is -0.144. The van der Waals surface area contributed by atoms with Crippen molar-refractivity contribution in [3.05, 3.63) is 35.6 Å². The highest BCUT2D eigenvalue weighted by Crippen LogP contribution is 2.43. The van der Waals surface area contributed by atoms with E-state index < -0.39 is 23.7 Å². The third-order valence-electron chi connectivity index (χ3n) is 2.72. The van der Waals surface area contributed by atoms with Crippen LogP contribution in [-0.2, 0) is 9.59 Å². The lowest BCUT2D eigenvalue weighted by Gasteiger charge is -2.22. The standard InChI is InChI=1S/C12H12FNO3S/c1-7-11(17)14(6-10(15)16)12(18-7)8-4-2-3-5-9(8)13/h2-5,7,12H,6H2,1H3,(H,15,16)/t7-,12-/m0/s1. The average Bonchev–Trinajstić information content (AvgIpc) is 2.57. The van der Waals surface area contributed by atoms with Crippen molar-refractivity contribution >= 4 is 23.6 Å². The number of halogens is 1. The maximum Gasteiger partial charge on any atom is 0.323 e. The summed E-state index contributed by atoms with van der Waals surface area (Å²) in [5.74, 6) is -1.79. The number of rotatable bonds is 3. The van der Waals surface area contributed by atoms with Gasteiger partial charge in [0.2, 0.25) is 5.91 Å². The number of nitrogens with zero attached hydrogens (tertiary/aromatic N) is 1. The normalized spacial score (nSPS) is 23.4. The summed E-state index contributed by atoms with van der Waals surface area (Å²) >= 11 is 1.26. The summed E-state index contributed by atoms with van der Waals surface area (Å²) in [7, 11) is 0. The summed E-state index contributed by atoms with van der Waals surface area (Å²) in [5, 5.41) is 7.90. The van der Waals surface area contributed by atoms with Gasteiger partial charge in [-0.15, -0.1) is 11.8 Å². The van der Waals surface area contributed by atoms with E-state index in [0.29, 0.717) is 5.56 Å². The van der Waals surface area contributed by atoms with Crippen LogP contribution in [0.2, 0.25) is 0 Å². The van der Waals surface area contributed by atoms with Crippen molar-refractivity contribution in [2.24, 2.45) is 0 Å². The molecule has 2 rings (SSSR count). The van der Waals surface area contributed by atoms with Crippen molar-refractivity contribution in [3.8, 4) is 0 Å². The van der Waals surface area contributed by atoms with E-state index in [2.05, 4.69) is 0 Å². The molecule has 2 atom stereocenters. The molecule has 1 saturated heterocycles. The molecule has 0 spiro atoms. The smallest absolute Gasteiger partial charge is 0.323 e. The fourth-order valence-electron chi connectivity index (χ4n) is 1.90. The molecule has 1 aromatic rings. The van der Waals surface area contributed by atoms with Crippen molar-refractivity contribution in [2.45, 2.75) is 17.5 Å². The zero-order chi connectivity index (χ0) is 13.3. The van der Waals surface area contributed by atoms with E-state index in [1.807, 2.05) is 0 Å². The highest BCUT2D eigenvalue weighted by Gasteiger charge is 2.40. The highest BCUT2D eigenvalue weighted by molar-refractivity contribution is 8.01. The Morgan fingerprint density at radius 3 is 2.78 bits per heavy atom. The first-order valence-electron chi connectivity index (χ1n) is 5.43. The molecule has 1 aromatic carbocycles. The van der Waals surface area contributed by atoms with Crippen LogP contribution < -0.4 is 0 Å². The van der Waals surface area contributed by atoms with Crippen LogP contribution in [0, 0.1) is 5.82 Å². The van der Waals surface area contributed by atoms with Crippen LogP contribution in [0.4, 0.5) is 4.39 Å². The largest absolute Gasteiger partial charge is 0.480 e. The predicted molar refractivity (Wildman–Crippen MR) is 65.5 cm³/mol. The predicted octanol–water partition coefficient (Wildman–Crippen LogP) is 1.87. The Kier molecular flexibility index (Phi) is 3.56. The van der Waals surface area contributed by atoms with Gasteiger partial charge in [-0.2, -0.15) is 0 Å². The van der Waals surface area contributed by atoms with E-state index in [-0.39, 0.29) is 11.2 Å². The maximum absolute atomic E-state index is 13.7. The summed E-state index contributed by atoms with van der Waals surface area (Å²) in [4.78, 5) is 23.8. The van der Waals surface area contributed by atoms with Gasteiger partial charge in [0.05, 0.1) is 5.25 Å². The van der Waals surface area contributed by atoms with Gasteiger partial charge in [-0.3, -0.25) is 9.59 Å². The van der Waals surface area contributed by atoms with Gasteiger partial charge < -0.3 is 10.0 Å². The van der Waals surface area contributed by atoms with Gasteiger partial charge in [0.25, 0.3) is 0 Å². The second kappa shape index (κ2) is 4.97. The van der Waals surface area contributed by atoms with Crippen LogP contribution in [0.5, 0.6) is 0 Å². The molecule has 1 amide bonds. The van der Waals surface area contributed by atoms with E-state index in [0.717, 1.165) is 0 Å². The van der Waals surface area contributed by atoms with E-state index in [4.69, 9.17) is 5.11 Å². The third-order valence-corrected chi connectivity index (χ3v) is 4.10. The molecule has 1 fully saturated rings. The fraction of sp³-hybridized carbons (Fsp3) is 0.333. The molecule has 0 saturated carbocycles. The number of carboxylic acids is 1. The van der Waals surface area contributed by atoms with E-state index in [1.54, 1.807) is 25.1 Å². The quantitative estimate of drug-likeness (QED) is 0.910. The van der Waals surface area contributed by atoms with Crippen LogP contribution in [-0.4, -0.2) is 33.7 Å². The SMILES string of the molecule is C[C@@H]1S[C@@H](c2ccccc2F)N(CC(=O)O)C1=O. The minimum atomic E-state index is -1.10. The van der Waals surface area contributed by atoms with Crippen molar-refractivity contribution in [2.75, 3.05) is 6.54 Å². The first-order valence-corrected chi connectivity index (χ1v) is 6.37.